The average molecular weight is 411 g/mol. The van der Waals surface area contributed by atoms with Crippen LogP contribution in [0.3, 0.4) is 0 Å². The van der Waals surface area contributed by atoms with Gasteiger partial charge in [-0.15, -0.1) is 0 Å². The highest BCUT2D eigenvalue weighted by Crippen LogP contribution is 2.40. The third kappa shape index (κ3) is 2.68. The number of likely N-dealkylation sites (N-methyl/N-ethyl adjacent to an activating group) is 1. The van der Waals surface area contributed by atoms with Gasteiger partial charge in [-0.3, -0.25) is 24.3 Å². The number of rotatable bonds is 3. The van der Waals surface area contributed by atoms with Crippen molar-refractivity contribution in [2.45, 2.75) is 39.9 Å². The van der Waals surface area contributed by atoms with E-state index in [9.17, 15) is 14.4 Å². The van der Waals surface area contributed by atoms with Gasteiger partial charge in [-0.25, -0.2) is 9.79 Å². The highest BCUT2D eigenvalue weighted by atomic mass is 16.5. The second-order valence-electron chi connectivity index (χ2n) is 7.85. The summed E-state index contributed by atoms with van der Waals surface area (Å²) >= 11 is 0. The van der Waals surface area contributed by atoms with E-state index >= 15 is 0 Å². The molecule has 9 nitrogen and oxygen atoms in total. The Morgan fingerprint density at radius 3 is 2.50 bits per heavy atom. The van der Waals surface area contributed by atoms with Crippen molar-refractivity contribution in [3.8, 4) is 0 Å². The molecule has 3 aliphatic rings. The molecule has 30 heavy (non-hydrogen) atoms. The molecule has 0 radical (unpaired) electrons. The first kappa shape index (κ1) is 19.9. The Balaban J connectivity index is 1.77. The molecule has 1 fully saturated rings. The molecule has 3 amide bonds. The number of urea groups is 1. The lowest BCUT2D eigenvalue weighted by molar-refractivity contribution is -0.148. The third-order valence-electron chi connectivity index (χ3n) is 6.01. The van der Waals surface area contributed by atoms with Crippen molar-refractivity contribution in [3.63, 3.8) is 0 Å². The SMILES string of the molecule is COC(=O)CN1C(=O)C2C(N=C3N(c4cc(C)ccc4C)C(C)=C(C)N32)N(C)C1=O. The van der Waals surface area contributed by atoms with Gasteiger partial charge in [-0.2, -0.15) is 0 Å². The monoisotopic (exact) mass is 411 g/mol. The number of esters is 1. The van der Waals surface area contributed by atoms with E-state index in [4.69, 9.17) is 4.99 Å². The van der Waals surface area contributed by atoms with Gasteiger partial charge in [0, 0.05) is 18.4 Å². The molecule has 0 bridgehead atoms. The Morgan fingerprint density at radius 1 is 1.13 bits per heavy atom. The summed E-state index contributed by atoms with van der Waals surface area (Å²) in [6.07, 6.45) is -0.662. The maximum absolute atomic E-state index is 13.3. The van der Waals surface area contributed by atoms with Gasteiger partial charge >= 0.3 is 12.0 Å². The zero-order valence-electron chi connectivity index (χ0n) is 18.0. The summed E-state index contributed by atoms with van der Waals surface area (Å²) in [5.41, 5.74) is 5.03. The number of hydrogen-bond acceptors (Lipinski definition) is 7. The second kappa shape index (κ2) is 6.86. The fourth-order valence-electron chi connectivity index (χ4n) is 4.20. The normalized spacial score (nSPS) is 23.2. The lowest BCUT2D eigenvalue weighted by Crippen LogP contribution is -2.65. The molecule has 1 saturated heterocycles. The van der Waals surface area contributed by atoms with Crippen molar-refractivity contribution in [3.05, 3.63) is 40.7 Å². The number of fused-ring (bicyclic) bond motifs is 3. The van der Waals surface area contributed by atoms with E-state index in [1.807, 2.05) is 37.5 Å². The van der Waals surface area contributed by atoms with Gasteiger partial charge < -0.3 is 9.64 Å². The van der Waals surface area contributed by atoms with Crippen LogP contribution in [0.5, 0.6) is 0 Å². The molecule has 0 aliphatic carbocycles. The maximum Gasteiger partial charge on any atom is 0.328 e. The summed E-state index contributed by atoms with van der Waals surface area (Å²) < 4.78 is 4.66. The molecule has 0 N–H and O–H groups in total. The summed E-state index contributed by atoms with van der Waals surface area (Å²) in [6, 6.07) is 4.90. The van der Waals surface area contributed by atoms with Crippen LogP contribution in [0, 0.1) is 13.8 Å². The topological polar surface area (TPSA) is 85.8 Å². The van der Waals surface area contributed by atoms with Gasteiger partial charge in [0.1, 0.15) is 6.54 Å². The molecular formula is C21H25N5O4. The van der Waals surface area contributed by atoms with Crippen molar-refractivity contribution in [1.82, 2.24) is 14.7 Å². The Hall–Kier alpha value is -3.36. The number of nitrogens with zero attached hydrogens (tertiary/aromatic N) is 5. The van der Waals surface area contributed by atoms with Gasteiger partial charge in [0.2, 0.25) is 5.96 Å². The van der Waals surface area contributed by atoms with Crippen LogP contribution in [-0.2, 0) is 14.3 Å². The van der Waals surface area contributed by atoms with Gasteiger partial charge in [0.15, 0.2) is 12.2 Å². The summed E-state index contributed by atoms with van der Waals surface area (Å²) in [4.78, 5) is 48.9. The predicted octanol–water partition coefficient (Wildman–Crippen LogP) is 1.81. The lowest BCUT2D eigenvalue weighted by atomic mass is 10.1. The number of amides is 3. The number of hydrogen-bond donors (Lipinski definition) is 0. The minimum Gasteiger partial charge on any atom is -0.468 e. The number of allylic oxidation sites excluding steroid dienone is 2. The highest BCUT2D eigenvalue weighted by molar-refractivity contribution is 6.11. The Bertz CT molecular complexity index is 1030. The Morgan fingerprint density at radius 2 is 1.83 bits per heavy atom. The van der Waals surface area contributed by atoms with E-state index in [0.29, 0.717) is 5.96 Å². The molecule has 0 saturated carbocycles. The van der Waals surface area contributed by atoms with Crippen LogP contribution < -0.4 is 4.90 Å². The molecule has 2 atom stereocenters. The number of ether oxygens (including phenoxy) is 1. The minimum atomic E-state index is -0.725. The minimum absolute atomic E-state index is 0.423. The van der Waals surface area contributed by atoms with Crippen molar-refractivity contribution in [2.75, 3.05) is 25.6 Å². The first-order chi connectivity index (χ1) is 14.2. The maximum atomic E-state index is 13.3. The van der Waals surface area contributed by atoms with Crippen molar-refractivity contribution in [2.24, 2.45) is 4.99 Å². The number of carbonyl (C=O) groups excluding carboxylic acids is 3. The van der Waals surface area contributed by atoms with Crippen LogP contribution in [0.15, 0.2) is 34.6 Å². The van der Waals surface area contributed by atoms with Crippen LogP contribution >= 0.6 is 0 Å². The molecule has 3 heterocycles. The fraction of sp³-hybridized carbons (Fsp3) is 0.429. The summed E-state index contributed by atoms with van der Waals surface area (Å²) in [6.45, 7) is 7.56. The fourth-order valence-corrected chi connectivity index (χ4v) is 4.20. The number of benzene rings is 1. The molecule has 158 valence electrons. The third-order valence-corrected chi connectivity index (χ3v) is 6.01. The first-order valence-electron chi connectivity index (χ1n) is 9.74. The van der Waals surface area contributed by atoms with Crippen LogP contribution in [0.1, 0.15) is 25.0 Å². The second-order valence-corrected chi connectivity index (χ2v) is 7.85. The van der Waals surface area contributed by atoms with Crippen LogP contribution in [-0.4, -0.2) is 71.5 Å². The zero-order chi connectivity index (χ0) is 21.9. The van der Waals surface area contributed by atoms with E-state index < -0.39 is 36.7 Å². The highest BCUT2D eigenvalue weighted by Gasteiger charge is 2.56. The molecule has 3 aliphatic heterocycles. The number of guanidine groups is 1. The van der Waals surface area contributed by atoms with E-state index in [1.54, 1.807) is 7.05 Å². The van der Waals surface area contributed by atoms with Gasteiger partial charge in [-0.1, -0.05) is 12.1 Å². The van der Waals surface area contributed by atoms with E-state index in [0.717, 1.165) is 33.1 Å². The van der Waals surface area contributed by atoms with Gasteiger partial charge in [0.25, 0.3) is 5.91 Å². The van der Waals surface area contributed by atoms with Crippen molar-refractivity contribution >= 4 is 29.6 Å². The van der Waals surface area contributed by atoms with Crippen molar-refractivity contribution in [1.29, 1.82) is 0 Å². The summed E-state index contributed by atoms with van der Waals surface area (Å²) in [5, 5.41) is 0. The predicted molar refractivity (Wildman–Crippen MR) is 111 cm³/mol. The van der Waals surface area contributed by atoms with Crippen molar-refractivity contribution < 1.29 is 19.1 Å². The lowest BCUT2D eigenvalue weighted by Gasteiger charge is -2.40. The first-order valence-corrected chi connectivity index (χ1v) is 9.74. The molecule has 1 aromatic rings. The number of aliphatic imine (C=N–C) groups is 1. The van der Waals surface area contributed by atoms with Gasteiger partial charge in [-0.05, 0) is 44.9 Å². The van der Waals surface area contributed by atoms with E-state index in [2.05, 4.69) is 22.9 Å². The smallest absolute Gasteiger partial charge is 0.328 e. The number of methoxy groups -OCH3 is 1. The number of aryl methyl sites for hydroxylation is 2. The van der Waals surface area contributed by atoms with Crippen LogP contribution in [0.25, 0.3) is 0 Å². The van der Waals surface area contributed by atoms with Crippen LogP contribution in [0.4, 0.5) is 10.5 Å². The summed E-state index contributed by atoms with van der Waals surface area (Å²) in [5.74, 6) is -0.492. The van der Waals surface area contributed by atoms with Crippen LogP contribution in [0.2, 0.25) is 0 Å². The molecule has 9 heteroatoms. The molecule has 1 aromatic carbocycles. The quantitative estimate of drug-likeness (QED) is 0.705. The van der Waals surface area contributed by atoms with E-state index in [1.165, 1.54) is 12.0 Å². The summed E-state index contributed by atoms with van der Waals surface area (Å²) in [7, 11) is 2.82. The standard InChI is InChI=1S/C21H25N5O4/c1-11-7-8-12(2)15(9-11)25-13(3)14(4)26-17-18(22-20(25)26)23(5)21(29)24(19(17)28)10-16(27)30-6/h7-9,17-18H,10H2,1-6H3. The molecule has 0 aromatic heterocycles. The molecule has 2 unspecified atom stereocenters. The molecule has 0 spiro atoms. The van der Waals surface area contributed by atoms with E-state index in [-0.39, 0.29) is 0 Å². The van der Waals surface area contributed by atoms with Gasteiger partial charge in [0.05, 0.1) is 12.8 Å². The zero-order valence-corrected chi connectivity index (χ0v) is 18.0. The Kier molecular flexibility index (Phi) is 4.56. The average Bonchev–Trinajstić information content (AvgIpc) is 3.21. The number of imide groups is 1. The Labute approximate surface area is 175 Å². The molecular weight excluding hydrogens is 386 g/mol. The number of anilines is 1. The largest absolute Gasteiger partial charge is 0.468 e. The number of carbonyl (C=O) groups is 3. The molecule has 4 rings (SSSR count).